The van der Waals surface area contributed by atoms with Gasteiger partial charge in [-0.2, -0.15) is 0 Å². The Hall–Kier alpha value is -2.67. The number of hydrogen-bond donors (Lipinski definition) is 2. The molecule has 6 nitrogen and oxygen atoms in total. The molecule has 140 valence electrons. The molecule has 2 aromatic carbocycles. The minimum atomic E-state index is -1.14. The third-order valence-electron chi connectivity index (χ3n) is 4.67. The van der Waals surface area contributed by atoms with Gasteiger partial charge in [-0.3, -0.25) is 14.5 Å². The number of carbonyl (C=O) groups is 3. The van der Waals surface area contributed by atoms with E-state index in [9.17, 15) is 14.4 Å². The fourth-order valence-electron chi connectivity index (χ4n) is 3.19. The van der Waals surface area contributed by atoms with Crippen LogP contribution in [0.2, 0.25) is 0 Å². The van der Waals surface area contributed by atoms with Gasteiger partial charge in [-0.05, 0) is 52.5 Å². The number of rotatable bonds is 5. The zero-order valence-electron chi connectivity index (χ0n) is 15.1. The van der Waals surface area contributed by atoms with E-state index in [1.165, 1.54) is 0 Å². The molecule has 1 aliphatic rings. The number of amides is 4. The number of anilines is 1. The van der Waals surface area contributed by atoms with Crippen molar-refractivity contribution in [1.82, 2.24) is 10.2 Å². The highest BCUT2D eigenvalue weighted by Gasteiger charge is 2.51. The van der Waals surface area contributed by atoms with Gasteiger partial charge < -0.3 is 10.6 Å². The zero-order valence-corrected chi connectivity index (χ0v) is 16.7. The first kappa shape index (κ1) is 19.1. The molecule has 1 fully saturated rings. The summed E-state index contributed by atoms with van der Waals surface area (Å²) in [6, 6.07) is 14.0. The van der Waals surface area contributed by atoms with Gasteiger partial charge in [0.1, 0.15) is 12.1 Å². The number of benzene rings is 2. The number of halogens is 1. The Balaban J connectivity index is 1.78. The molecule has 1 atom stereocenters. The van der Waals surface area contributed by atoms with Crippen LogP contribution in [0.4, 0.5) is 10.5 Å². The predicted molar refractivity (Wildman–Crippen MR) is 106 cm³/mol. The van der Waals surface area contributed by atoms with Crippen LogP contribution in [0.1, 0.15) is 24.5 Å². The van der Waals surface area contributed by atoms with E-state index >= 15 is 0 Å². The van der Waals surface area contributed by atoms with Crippen molar-refractivity contribution in [1.29, 1.82) is 0 Å². The number of nitrogens with one attached hydrogen (secondary N) is 2. The van der Waals surface area contributed by atoms with Crippen molar-refractivity contribution in [3.8, 4) is 0 Å². The molecule has 0 spiro atoms. The van der Waals surface area contributed by atoms with Gasteiger partial charge in [-0.25, -0.2) is 4.79 Å². The van der Waals surface area contributed by atoms with Crippen molar-refractivity contribution in [3.05, 3.63) is 64.1 Å². The highest BCUT2D eigenvalue weighted by molar-refractivity contribution is 9.10. The maximum atomic E-state index is 13.0. The Morgan fingerprint density at radius 2 is 1.89 bits per heavy atom. The number of imide groups is 1. The largest absolute Gasteiger partial charge is 0.325 e. The molecular weight excluding hydrogens is 410 g/mol. The fourth-order valence-corrected chi connectivity index (χ4v) is 3.78. The van der Waals surface area contributed by atoms with Crippen LogP contribution in [0.25, 0.3) is 0 Å². The molecule has 4 amide bonds. The molecule has 1 unspecified atom stereocenters. The van der Waals surface area contributed by atoms with Crippen molar-refractivity contribution < 1.29 is 14.4 Å². The lowest BCUT2D eigenvalue weighted by atomic mass is 9.87. The number of nitrogens with zero attached hydrogens (tertiary/aromatic N) is 1. The summed E-state index contributed by atoms with van der Waals surface area (Å²) in [5, 5.41) is 5.50. The van der Waals surface area contributed by atoms with Gasteiger partial charge >= 0.3 is 6.03 Å². The van der Waals surface area contributed by atoms with Crippen LogP contribution in [0.3, 0.4) is 0 Å². The maximum absolute atomic E-state index is 13.0. The number of urea groups is 1. The topological polar surface area (TPSA) is 78.5 Å². The minimum absolute atomic E-state index is 0.348. The van der Waals surface area contributed by atoms with Crippen LogP contribution < -0.4 is 10.6 Å². The average Bonchev–Trinajstić information content (AvgIpc) is 2.90. The second-order valence-electron chi connectivity index (χ2n) is 6.48. The second kappa shape index (κ2) is 7.52. The van der Waals surface area contributed by atoms with Gasteiger partial charge in [0.2, 0.25) is 5.91 Å². The Kier molecular flexibility index (Phi) is 5.32. The number of aryl methyl sites for hydroxylation is 1. The van der Waals surface area contributed by atoms with E-state index in [-0.39, 0.29) is 6.54 Å². The smallest absolute Gasteiger partial charge is 0.323 e. The quantitative estimate of drug-likeness (QED) is 0.713. The van der Waals surface area contributed by atoms with E-state index in [0.29, 0.717) is 17.7 Å². The molecule has 1 saturated heterocycles. The summed E-state index contributed by atoms with van der Waals surface area (Å²) in [6.07, 6.45) is 0.392. The van der Waals surface area contributed by atoms with Crippen molar-refractivity contribution in [2.24, 2.45) is 0 Å². The summed E-state index contributed by atoms with van der Waals surface area (Å²) < 4.78 is 0.736. The van der Waals surface area contributed by atoms with Crippen LogP contribution >= 0.6 is 15.9 Å². The van der Waals surface area contributed by atoms with Crippen LogP contribution in [-0.4, -0.2) is 29.3 Å². The molecule has 0 aromatic heterocycles. The molecule has 0 saturated carbocycles. The van der Waals surface area contributed by atoms with Gasteiger partial charge in [-0.15, -0.1) is 0 Å². The zero-order chi connectivity index (χ0) is 19.6. The van der Waals surface area contributed by atoms with E-state index in [1.807, 2.05) is 44.2 Å². The molecule has 0 aliphatic carbocycles. The van der Waals surface area contributed by atoms with Gasteiger partial charge in [-0.1, -0.05) is 43.3 Å². The molecular formula is C20H20BrN3O3. The maximum Gasteiger partial charge on any atom is 0.325 e. The molecule has 1 heterocycles. The monoisotopic (exact) mass is 429 g/mol. The Morgan fingerprint density at radius 1 is 1.19 bits per heavy atom. The SMILES string of the molecule is CCC1(c2ccccc2)NC(=O)N(CC(=O)Nc2ccc(C)cc2Br)C1=O. The molecule has 0 bridgehead atoms. The van der Waals surface area contributed by atoms with E-state index in [0.717, 1.165) is 14.9 Å². The summed E-state index contributed by atoms with van der Waals surface area (Å²) in [5.74, 6) is -0.859. The number of carbonyl (C=O) groups excluding carboxylic acids is 3. The Labute approximate surface area is 166 Å². The highest BCUT2D eigenvalue weighted by atomic mass is 79.9. The summed E-state index contributed by atoms with van der Waals surface area (Å²) in [6.45, 7) is 3.43. The summed E-state index contributed by atoms with van der Waals surface area (Å²) >= 11 is 3.40. The van der Waals surface area contributed by atoms with Gasteiger partial charge in [0.15, 0.2) is 0 Å². The average molecular weight is 430 g/mol. The lowest BCUT2D eigenvalue weighted by molar-refractivity contribution is -0.134. The fraction of sp³-hybridized carbons (Fsp3) is 0.250. The molecule has 1 aliphatic heterocycles. The van der Waals surface area contributed by atoms with E-state index < -0.39 is 23.4 Å². The lowest BCUT2D eigenvalue weighted by Crippen LogP contribution is -2.44. The molecule has 7 heteroatoms. The van der Waals surface area contributed by atoms with Crippen LogP contribution in [0, 0.1) is 6.92 Å². The third-order valence-corrected chi connectivity index (χ3v) is 5.33. The first-order valence-electron chi connectivity index (χ1n) is 8.63. The van der Waals surface area contributed by atoms with Gasteiger partial charge in [0, 0.05) is 4.47 Å². The van der Waals surface area contributed by atoms with E-state index in [1.54, 1.807) is 18.2 Å². The Bertz CT molecular complexity index is 901. The lowest BCUT2D eigenvalue weighted by Gasteiger charge is -2.25. The van der Waals surface area contributed by atoms with Crippen LogP contribution in [0.5, 0.6) is 0 Å². The van der Waals surface area contributed by atoms with Crippen molar-refractivity contribution in [2.45, 2.75) is 25.8 Å². The molecule has 3 rings (SSSR count). The van der Waals surface area contributed by atoms with Gasteiger partial charge in [0.25, 0.3) is 5.91 Å². The van der Waals surface area contributed by atoms with Gasteiger partial charge in [0.05, 0.1) is 5.69 Å². The second-order valence-corrected chi connectivity index (χ2v) is 7.33. The minimum Gasteiger partial charge on any atom is -0.323 e. The molecule has 27 heavy (non-hydrogen) atoms. The van der Waals surface area contributed by atoms with E-state index in [2.05, 4.69) is 26.6 Å². The first-order valence-corrected chi connectivity index (χ1v) is 9.42. The molecule has 0 radical (unpaired) electrons. The van der Waals surface area contributed by atoms with Crippen molar-refractivity contribution in [2.75, 3.05) is 11.9 Å². The first-order chi connectivity index (χ1) is 12.9. The molecule has 2 N–H and O–H groups in total. The number of hydrogen-bond acceptors (Lipinski definition) is 3. The predicted octanol–water partition coefficient (Wildman–Crippen LogP) is 3.55. The summed E-state index contributed by atoms with van der Waals surface area (Å²) in [5.41, 5.74) is 1.20. The van der Waals surface area contributed by atoms with E-state index in [4.69, 9.17) is 0 Å². The Morgan fingerprint density at radius 3 is 2.52 bits per heavy atom. The standard InChI is InChI=1S/C20H20BrN3O3/c1-3-20(14-7-5-4-6-8-14)18(26)24(19(27)23-20)12-17(25)22-16-10-9-13(2)11-15(16)21/h4-11H,3,12H2,1-2H3,(H,22,25)(H,23,27). The molecule has 2 aromatic rings. The third kappa shape index (κ3) is 3.60. The summed E-state index contributed by atoms with van der Waals surface area (Å²) in [7, 11) is 0. The summed E-state index contributed by atoms with van der Waals surface area (Å²) in [4.78, 5) is 38.9. The normalized spacial score (nSPS) is 19.1. The van der Waals surface area contributed by atoms with Crippen LogP contribution in [-0.2, 0) is 15.1 Å². The van der Waals surface area contributed by atoms with Crippen molar-refractivity contribution >= 4 is 39.5 Å². The van der Waals surface area contributed by atoms with Crippen molar-refractivity contribution in [3.63, 3.8) is 0 Å². The highest BCUT2D eigenvalue weighted by Crippen LogP contribution is 2.32. The van der Waals surface area contributed by atoms with Crippen LogP contribution in [0.15, 0.2) is 53.0 Å².